The molecule has 1 unspecified atom stereocenters. The highest BCUT2D eigenvalue weighted by molar-refractivity contribution is 5.85. The molecule has 0 fully saturated rings. The van der Waals surface area contributed by atoms with Gasteiger partial charge in [0.25, 0.3) is 0 Å². The number of hydrogen-bond acceptors (Lipinski definition) is 4. The number of esters is 1. The standard InChI is InChI=1S/C10H17N3O2.ClH/c1-3-4-9-12-6-7(13-9)5-8(11)10(14)15-2;/h6,8H,3-5,11H2,1-2H3,(H,12,13);1H. The van der Waals surface area contributed by atoms with Crippen LogP contribution in [0.15, 0.2) is 6.20 Å². The Kier molecular flexibility index (Phi) is 6.76. The van der Waals surface area contributed by atoms with Gasteiger partial charge in [-0.05, 0) is 6.42 Å². The normalized spacial score (nSPS) is 11.7. The second-order valence-electron chi connectivity index (χ2n) is 3.44. The molecule has 1 heterocycles. The summed E-state index contributed by atoms with van der Waals surface area (Å²) < 4.78 is 4.54. The minimum Gasteiger partial charge on any atom is -0.468 e. The molecule has 1 rings (SSSR count). The number of imidazole rings is 1. The van der Waals surface area contributed by atoms with Gasteiger partial charge in [-0.3, -0.25) is 4.79 Å². The summed E-state index contributed by atoms with van der Waals surface area (Å²) >= 11 is 0. The topological polar surface area (TPSA) is 81.0 Å². The van der Waals surface area contributed by atoms with Crippen molar-refractivity contribution in [3.63, 3.8) is 0 Å². The highest BCUT2D eigenvalue weighted by Crippen LogP contribution is 2.03. The van der Waals surface area contributed by atoms with Crippen LogP contribution in [-0.2, 0) is 22.4 Å². The molecule has 1 atom stereocenters. The van der Waals surface area contributed by atoms with Crippen molar-refractivity contribution in [1.29, 1.82) is 0 Å². The number of rotatable bonds is 5. The zero-order chi connectivity index (χ0) is 11.3. The van der Waals surface area contributed by atoms with Gasteiger partial charge < -0.3 is 15.5 Å². The van der Waals surface area contributed by atoms with Crippen LogP contribution in [0, 0.1) is 0 Å². The van der Waals surface area contributed by atoms with Crippen molar-refractivity contribution in [3.05, 3.63) is 17.7 Å². The number of methoxy groups -OCH3 is 1. The summed E-state index contributed by atoms with van der Waals surface area (Å²) in [5.74, 6) is 0.534. The fraction of sp³-hybridized carbons (Fsp3) is 0.600. The highest BCUT2D eigenvalue weighted by atomic mass is 35.5. The van der Waals surface area contributed by atoms with Crippen LogP contribution in [-0.4, -0.2) is 29.1 Å². The molecule has 1 aromatic heterocycles. The first-order valence-electron chi connectivity index (χ1n) is 5.03. The number of aromatic amines is 1. The molecule has 0 saturated carbocycles. The third-order valence-electron chi connectivity index (χ3n) is 2.11. The second kappa shape index (κ2) is 7.24. The molecule has 0 aromatic carbocycles. The van der Waals surface area contributed by atoms with E-state index in [0.717, 1.165) is 24.4 Å². The zero-order valence-corrected chi connectivity index (χ0v) is 10.3. The molecule has 0 bridgehead atoms. The predicted molar refractivity (Wildman–Crippen MR) is 63.5 cm³/mol. The molecule has 0 aliphatic heterocycles. The van der Waals surface area contributed by atoms with Crippen LogP contribution < -0.4 is 5.73 Å². The van der Waals surface area contributed by atoms with E-state index in [1.165, 1.54) is 7.11 Å². The van der Waals surface area contributed by atoms with Crippen molar-refractivity contribution in [1.82, 2.24) is 9.97 Å². The van der Waals surface area contributed by atoms with E-state index in [1.54, 1.807) is 6.20 Å². The third-order valence-corrected chi connectivity index (χ3v) is 2.11. The predicted octanol–water partition coefficient (Wildman–Crippen LogP) is 0.827. The molecule has 0 amide bonds. The van der Waals surface area contributed by atoms with Crippen molar-refractivity contribution in [2.24, 2.45) is 5.73 Å². The Morgan fingerprint density at radius 2 is 2.38 bits per heavy atom. The molecule has 1 aromatic rings. The van der Waals surface area contributed by atoms with Gasteiger partial charge in [0, 0.05) is 24.7 Å². The van der Waals surface area contributed by atoms with Crippen LogP contribution in [0.4, 0.5) is 0 Å². The van der Waals surface area contributed by atoms with Gasteiger partial charge >= 0.3 is 5.97 Å². The van der Waals surface area contributed by atoms with Gasteiger partial charge in [-0.1, -0.05) is 6.92 Å². The number of nitrogens with one attached hydrogen (secondary N) is 1. The van der Waals surface area contributed by atoms with Crippen LogP contribution in [0.2, 0.25) is 0 Å². The molecule has 0 spiro atoms. The Morgan fingerprint density at radius 3 is 2.94 bits per heavy atom. The second-order valence-corrected chi connectivity index (χ2v) is 3.44. The summed E-state index contributed by atoms with van der Waals surface area (Å²) in [5.41, 5.74) is 6.49. The van der Waals surface area contributed by atoms with Crippen LogP contribution >= 0.6 is 12.4 Å². The maximum absolute atomic E-state index is 11.1. The maximum atomic E-state index is 11.1. The number of ether oxygens (including phenoxy) is 1. The average molecular weight is 248 g/mol. The van der Waals surface area contributed by atoms with E-state index in [0.29, 0.717) is 6.42 Å². The smallest absolute Gasteiger partial charge is 0.323 e. The summed E-state index contributed by atoms with van der Waals surface area (Å²) in [7, 11) is 1.33. The number of carbonyl (C=O) groups is 1. The molecule has 0 aliphatic carbocycles. The Morgan fingerprint density at radius 1 is 1.69 bits per heavy atom. The van der Waals surface area contributed by atoms with Crippen molar-refractivity contribution in [2.45, 2.75) is 32.2 Å². The Balaban J connectivity index is 0.00000225. The zero-order valence-electron chi connectivity index (χ0n) is 9.53. The molecule has 5 nitrogen and oxygen atoms in total. The highest BCUT2D eigenvalue weighted by Gasteiger charge is 2.15. The number of hydrogen-bond donors (Lipinski definition) is 2. The van der Waals surface area contributed by atoms with E-state index in [2.05, 4.69) is 21.6 Å². The SMILES string of the molecule is CCCc1ncc(CC(N)C(=O)OC)[nH]1.Cl. The molecule has 92 valence electrons. The number of nitrogens with two attached hydrogens (primary N) is 1. The lowest BCUT2D eigenvalue weighted by Crippen LogP contribution is -2.33. The molecule has 0 aliphatic rings. The molecular formula is C10H18ClN3O2. The minimum atomic E-state index is -0.620. The number of halogens is 1. The summed E-state index contributed by atoms with van der Waals surface area (Å²) in [5, 5.41) is 0. The van der Waals surface area contributed by atoms with Crippen molar-refractivity contribution >= 4 is 18.4 Å². The van der Waals surface area contributed by atoms with Gasteiger partial charge in [0.1, 0.15) is 11.9 Å². The van der Waals surface area contributed by atoms with Crippen LogP contribution in [0.3, 0.4) is 0 Å². The Bertz CT molecular complexity index is 328. The van der Waals surface area contributed by atoms with E-state index < -0.39 is 12.0 Å². The molecule has 3 N–H and O–H groups in total. The van der Waals surface area contributed by atoms with Gasteiger partial charge in [-0.15, -0.1) is 12.4 Å². The van der Waals surface area contributed by atoms with Crippen molar-refractivity contribution < 1.29 is 9.53 Å². The first-order valence-corrected chi connectivity index (χ1v) is 5.03. The molecular weight excluding hydrogens is 230 g/mol. The van der Waals surface area contributed by atoms with E-state index in [1.807, 2.05) is 0 Å². The average Bonchev–Trinajstić information content (AvgIpc) is 2.65. The number of carbonyl (C=O) groups excluding carboxylic acids is 1. The first kappa shape index (κ1) is 14.9. The first-order chi connectivity index (χ1) is 7.17. The van der Waals surface area contributed by atoms with E-state index in [4.69, 9.17) is 5.73 Å². The van der Waals surface area contributed by atoms with Gasteiger partial charge in [-0.2, -0.15) is 0 Å². The van der Waals surface area contributed by atoms with Crippen LogP contribution in [0.25, 0.3) is 0 Å². The molecule has 16 heavy (non-hydrogen) atoms. The van der Waals surface area contributed by atoms with E-state index in [9.17, 15) is 4.79 Å². The maximum Gasteiger partial charge on any atom is 0.323 e. The monoisotopic (exact) mass is 247 g/mol. The molecule has 6 heteroatoms. The van der Waals surface area contributed by atoms with E-state index in [-0.39, 0.29) is 12.4 Å². The molecule has 0 radical (unpaired) electrons. The number of aryl methyl sites for hydroxylation is 1. The van der Waals surface area contributed by atoms with Crippen LogP contribution in [0.5, 0.6) is 0 Å². The third kappa shape index (κ3) is 4.20. The number of nitrogens with zero attached hydrogens (tertiary/aromatic N) is 1. The minimum absolute atomic E-state index is 0. The largest absolute Gasteiger partial charge is 0.468 e. The Labute approximate surface area is 101 Å². The lowest BCUT2D eigenvalue weighted by Gasteiger charge is -2.06. The quantitative estimate of drug-likeness (QED) is 0.755. The van der Waals surface area contributed by atoms with E-state index >= 15 is 0 Å². The number of H-pyrrole nitrogens is 1. The summed E-state index contributed by atoms with van der Waals surface area (Å²) in [6, 6.07) is -0.620. The van der Waals surface area contributed by atoms with Crippen LogP contribution in [0.1, 0.15) is 24.9 Å². The van der Waals surface area contributed by atoms with Crippen molar-refractivity contribution in [3.8, 4) is 0 Å². The summed E-state index contributed by atoms with van der Waals surface area (Å²) in [4.78, 5) is 18.4. The lowest BCUT2D eigenvalue weighted by molar-refractivity contribution is -0.142. The van der Waals surface area contributed by atoms with Gasteiger partial charge in [0.2, 0.25) is 0 Å². The lowest BCUT2D eigenvalue weighted by atomic mass is 10.2. The fourth-order valence-electron chi connectivity index (χ4n) is 1.34. The van der Waals surface area contributed by atoms with Gasteiger partial charge in [0.05, 0.1) is 7.11 Å². The summed E-state index contributed by atoms with van der Waals surface area (Å²) in [6.45, 7) is 2.09. The Hall–Kier alpha value is -1.07. The van der Waals surface area contributed by atoms with Crippen molar-refractivity contribution in [2.75, 3.05) is 7.11 Å². The summed E-state index contributed by atoms with van der Waals surface area (Å²) in [6.07, 6.45) is 4.10. The van der Waals surface area contributed by atoms with Gasteiger partial charge in [0.15, 0.2) is 0 Å². The molecule has 0 saturated heterocycles. The number of aromatic nitrogens is 2. The fourth-order valence-corrected chi connectivity index (χ4v) is 1.34. The van der Waals surface area contributed by atoms with Gasteiger partial charge in [-0.25, -0.2) is 4.98 Å².